The lowest BCUT2D eigenvalue weighted by atomic mass is 10.6. The van der Waals surface area contributed by atoms with Crippen molar-refractivity contribution in [2.75, 3.05) is 13.2 Å². The Kier molecular flexibility index (Phi) is 10.6. The number of hydrogen-bond donors (Lipinski definition) is 2. The van der Waals surface area contributed by atoms with Crippen molar-refractivity contribution in [2.24, 2.45) is 0 Å². The molecule has 0 aromatic carbocycles. The second-order valence-electron chi connectivity index (χ2n) is 2.10. The van der Waals surface area contributed by atoms with Crippen molar-refractivity contribution in [3.63, 3.8) is 0 Å². The number of carbonyl (C=O) groups is 1. The molecule has 7 heteroatoms. The lowest BCUT2D eigenvalue weighted by Gasteiger charge is -2.04. The number of phosphoric acid groups is 1. The van der Waals surface area contributed by atoms with Crippen molar-refractivity contribution < 1.29 is 28.4 Å². The van der Waals surface area contributed by atoms with Crippen LogP contribution in [0.2, 0.25) is 0 Å². The summed E-state index contributed by atoms with van der Waals surface area (Å²) in [6.07, 6.45) is 2.69. The highest BCUT2D eigenvalue weighted by atomic mass is 31.2. The van der Waals surface area contributed by atoms with Gasteiger partial charge in [-0.25, -0.2) is 9.36 Å². The van der Waals surface area contributed by atoms with Crippen LogP contribution in [0.4, 0.5) is 0 Å². The summed E-state index contributed by atoms with van der Waals surface area (Å²) in [5.41, 5.74) is 0. The van der Waals surface area contributed by atoms with E-state index in [9.17, 15) is 9.36 Å². The maximum Gasteiger partial charge on any atom is 0.469 e. The van der Waals surface area contributed by atoms with E-state index < -0.39 is 13.8 Å². The van der Waals surface area contributed by atoms with Gasteiger partial charge in [-0.05, 0) is 6.92 Å². The van der Waals surface area contributed by atoms with Gasteiger partial charge in [0.05, 0.1) is 6.61 Å². The Hall–Kier alpha value is -0.940. The van der Waals surface area contributed by atoms with Gasteiger partial charge in [-0.15, -0.1) is 6.58 Å². The number of allylic oxidation sites excluding steroid dienone is 1. The van der Waals surface area contributed by atoms with E-state index in [1.807, 2.05) is 6.92 Å². The van der Waals surface area contributed by atoms with Crippen molar-refractivity contribution in [2.45, 2.75) is 6.92 Å². The average molecular weight is 238 g/mol. The molecule has 15 heavy (non-hydrogen) atoms. The predicted octanol–water partition coefficient (Wildman–Crippen LogP) is 1.02. The minimum atomic E-state index is -4.45. The van der Waals surface area contributed by atoms with Gasteiger partial charge < -0.3 is 14.5 Å². The van der Waals surface area contributed by atoms with Crippen molar-refractivity contribution in [3.8, 4) is 0 Å². The Morgan fingerprint density at radius 2 is 1.87 bits per heavy atom. The lowest BCUT2D eigenvalue weighted by molar-refractivity contribution is -0.138. The summed E-state index contributed by atoms with van der Waals surface area (Å²) < 4.78 is 18.4. The van der Waals surface area contributed by atoms with E-state index in [2.05, 4.69) is 22.4 Å². The molecule has 0 rings (SSSR count). The SMILES string of the molecule is C=CC.C=CC(=O)OCCOP(=O)(O)O. The van der Waals surface area contributed by atoms with Crippen molar-refractivity contribution in [1.82, 2.24) is 0 Å². The molecule has 0 aromatic rings. The van der Waals surface area contributed by atoms with E-state index in [0.717, 1.165) is 6.08 Å². The lowest BCUT2D eigenvalue weighted by Crippen LogP contribution is -2.07. The highest BCUT2D eigenvalue weighted by Gasteiger charge is 2.12. The molecule has 0 aliphatic carbocycles. The molecule has 0 heterocycles. The molecule has 0 bridgehead atoms. The van der Waals surface area contributed by atoms with Crippen LogP contribution in [0.1, 0.15) is 6.92 Å². The Labute approximate surface area is 88.4 Å². The third-order valence-electron chi connectivity index (χ3n) is 0.754. The van der Waals surface area contributed by atoms with E-state index in [1.54, 1.807) is 6.08 Å². The summed E-state index contributed by atoms with van der Waals surface area (Å²) in [6, 6.07) is 0. The smallest absolute Gasteiger partial charge is 0.460 e. The first kappa shape index (κ1) is 16.5. The molecule has 0 aliphatic heterocycles. The van der Waals surface area contributed by atoms with Crippen molar-refractivity contribution in [1.29, 1.82) is 0 Å². The Balaban J connectivity index is 0. The predicted molar refractivity (Wildman–Crippen MR) is 55.0 cm³/mol. The number of hydrogen-bond acceptors (Lipinski definition) is 4. The summed E-state index contributed by atoms with van der Waals surface area (Å²) in [5, 5.41) is 0. The molecule has 0 saturated heterocycles. The van der Waals surface area contributed by atoms with E-state index >= 15 is 0 Å². The van der Waals surface area contributed by atoms with E-state index in [1.165, 1.54) is 0 Å². The summed E-state index contributed by atoms with van der Waals surface area (Å²) in [4.78, 5) is 26.7. The Bertz CT molecular complexity index is 244. The van der Waals surface area contributed by atoms with Crippen LogP contribution in [0.25, 0.3) is 0 Å². The molecule has 0 saturated carbocycles. The molecule has 0 atom stereocenters. The summed E-state index contributed by atoms with van der Waals surface area (Å²) in [6.45, 7) is 7.81. The number of ether oxygens (including phenoxy) is 1. The average Bonchev–Trinajstić information content (AvgIpc) is 2.12. The standard InChI is InChI=1S/C5H9O6P.C3H6/c1-2-5(6)10-3-4-11-12(7,8)9;1-3-2/h2H,1,3-4H2,(H2,7,8,9);3H,1H2,2H3. The van der Waals surface area contributed by atoms with Crippen LogP contribution >= 0.6 is 7.82 Å². The fourth-order valence-electron chi connectivity index (χ4n) is 0.357. The minimum Gasteiger partial charge on any atom is -0.460 e. The number of esters is 1. The van der Waals surface area contributed by atoms with Crippen LogP contribution in [-0.2, 0) is 18.6 Å². The molecule has 0 aliphatic rings. The monoisotopic (exact) mass is 238 g/mol. The second kappa shape index (κ2) is 9.61. The Morgan fingerprint density at radius 3 is 2.20 bits per heavy atom. The van der Waals surface area contributed by atoms with Gasteiger partial charge in [0.25, 0.3) is 0 Å². The van der Waals surface area contributed by atoms with Gasteiger partial charge in [0, 0.05) is 6.08 Å². The Morgan fingerprint density at radius 1 is 1.40 bits per heavy atom. The third-order valence-corrected chi connectivity index (χ3v) is 1.27. The number of phosphoric ester groups is 1. The molecular weight excluding hydrogens is 223 g/mol. The van der Waals surface area contributed by atoms with Crippen LogP contribution in [0.5, 0.6) is 0 Å². The normalized spacial score (nSPS) is 9.53. The van der Waals surface area contributed by atoms with Crippen LogP contribution in [0.15, 0.2) is 25.3 Å². The minimum absolute atomic E-state index is 0.212. The summed E-state index contributed by atoms with van der Waals surface area (Å²) in [7, 11) is -4.45. The third kappa shape index (κ3) is 19.5. The molecule has 0 amide bonds. The molecule has 0 unspecified atom stereocenters. The molecule has 0 spiro atoms. The van der Waals surface area contributed by atoms with E-state index in [4.69, 9.17) is 9.79 Å². The number of rotatable bonds is 5. The molecule has 6 nitrogen and oxygen atoms in total. The van der Waals surface area contributed by atoms with E-state index in [-0.39, 0.29) is 13.2 Å². The molecule has 0 fully saturated rings. The van der Waals surface area contributed by atoms with Crippen molar-refractivity contribution >= 4 is 13.8 Å². The quantitative estimate of drug-likeness (QED) is 0.244. The molecule has 88 valence electrons. The second-order valence-corrected chi connectivity index (χ2v) is 3.34. The molecule has 2 N–H and O–H groups in total. The zero-order chi connectivity index (χ0) is 12.3. The van der Waals surface area contributed by atoms with Gasteiger partial charge in [-0.3, -0.25) is 4.52 Å². The van der Waals surface area contributed by atoms with Gasteiger partial charge in [0.2, 0.25) is 0 Å². The number of carbonyl (C=O) groups excluding carboxylic acids is 1. The molecule has 0 aromatic heterocycles. The van der Waals surface area contributed by atoms with E-state index in [0.29, 0.717) is 0 Å². The van der Waals surface area contributed by atoms with Crippen LogP contribution < -0.4 is 0 Å². The van der Waals surface area contributed by atoms with Gasteiger partial charge in [0.1, 0.15) is 6.61 Å². The highest BCUT2D eigenvalue weighted by Crippen LogP contribution is 2.35. The van der Waals surface area contributed by atoms with Gasteiger partial charge in [0.15, 0.2) is 0 Å². The molecule has 0 radical (unpaired) electrons. The zero-order valence-corrected chi connectivity index (χ0v) is 9.35. The van der Waals surface area contributed by atoms with Crippen LogP contribution in [-0.4, -0.2) is 29.0 Å². The van der Waals surface area contributed by atoms with Crippen LogP contribution in [0, 0.1) is 0 Å². The maximum absolute atomic E-state index is 10.3. The zero-order valence-electron chi connectivity index (χ0n) is 8.46. The fraction of sp³-hybridized carbons (Fsp3) is 0.375. The van der Waals surface area contributed by atoms with Crippen LogP contribution in [0.3, 0.4) is 0 Å². The molecular formula is C8H15O6P. The van der Waals surface area contributed by atoms with Crippen molar-refractivity contribution in [3.05, 3.63) is 25.3 Å². The van der Waals surface area contributed by atoms with Gasteiger partial charge in [-0.1, -0.05) is 12.7 Å². The topological polar surface area (TPSA) is 93.1 Å². The summed E-state index contributed by atoms with van der Waals surface area (Å²) in [5.74, 6) is -0.663. The first-order valence-corrected chi connectivity index (χ1v) is 5.46. The van der Waals surface area contributed by atoms with Gasteiger partial charge in [-0.2, -0.15) is 0 Å². The highest BCUT2D eigenvalue weighted by molar-refractivity contribution is 7.46. The van der Waals surface area contributed by atoms with Gasteiger partial charge >= 0.3 is 13.8 Å². The largest absolute Gasteiger partial charge is 0.469 e. The maximum atomic E-state index is 10.3. The fourth-order valence-corrected chi connectivity index (χ4v) is 0.670. The first-order chi connectivity index (χ1) is 6.87. The first-order valence-electron chi connectivity index (χ1n) is 3.93. The summed E-state index contributed by atoms with van der Waals surface area (Å²) >= 11 is 0.